The van der Waals surface area contributed by atoms with Gasteiger partial charge in [-0.25, -0.2) is 0 Å². The SMILES string of the molecule is CNC(c1cc(C)c(Cl)s1)C1CCc2ccccc2C1. The first-order valence-corrected chi connectivity index (χ1v) is 8.38. The van der Waals surface area contributed by atoms with Crippen molar-refractivity contribution in [1.29, 1.82) is 0 Å². The first kappa shape index (κ1) is 14.1. The van der Waals surface area contributed by atoms with Gasteiger partial charge in [-0.2, -0.15) is 0 Å². The van der Waals surface area contributed by atoms with Crippen molar-refractivity contribution in [3.63, 3.8) is 0 Å². The van der Waals surface area contributed by atoms with E-state index < -0.39 is 0 Å². The molecule has 106 valence electrons. The third-order valence-electron chi connectivity index (χ3n) is 4.35. The predicted molar refractivity (Wildman–Crippen MR) is 87.8 cm³/mol. The van der Waals surface area contributed by atoms with Crippen molar-refractivity contribution in [2.45, 2.75) is 32.2 Å². The molecule has 2 unspecified atom stereocenters. The Kier molecular flexibility index (Phi) is 4.16. The van der Waals surface area contributed by atoms with Gasteiger partial charge in [0.25, 0.3) is 0 Å². The zero-order valence-electron chi connectivity index (χ0n) is 11.9. The molecule has 1 N–H and O–H groups in total. The second-order valence-electron chi connectivity index (χ2n) is 5.64. The predicted octanol–water partition coefficient (Wildman–Crippen LogP) is 4.78. The van der Waals surface area contributed by atoms with Gasteiger partial charge in [-0.15, -0.1) is 11.3 Å². The third kappa shape index (κ3) is 2.65. The summed E-state index contributed by atoms with van der Waals surface area (Å²) in [6.45, 7) is 2.09. The summed E-state index contributed by atoms with van der Waals surface area (Å²) < 4.78 is 0.927. The van der Waals surface area contributed by atoms with Crippen molar-refractivity contribution in [2.75, 3.05) is 7.05 Å². The molecule has 1 heterocycles. The Labute approximate surface area is 130 Å². The molecule has 0 aliphatic heterocycles. The van der Waals surface area contributed by atoms with Crippen LogP contribution < -0.4 is 5.32 Å². The van der Waals surface area contributed by atoms with Crippen LogP contribution >= 0.6 is 22.9 Å². The van der Waals surface area contributed by atoms with Crippen molar-refractivity contribution < 1.29 is 0 Å². The topological polar surface area (TPSA) is 12.0 Å². The second-order valence-corrected chi connectivity index (χ2v) is 7.33. The minimum atomic E-state index is 0.416. The number of thiophene rings is 1. The Morgan fingerprint density at radius 2 is 2.05 bits per heavy atom. The second kappa shape index (κ2) is 5.88. The van der Waals surface area contributed by atoms with Gasteiger partial charge in [0.05, 0.1) is 4.34 Å². The third-order valence-corrected chi connectivity index (χ3v) is 5.99. The van der Waals surface area contributed by atoms with Crippen LogP contribution in [0, 0.1) is 12.8 Å². The van der Waals surface area contributed by atoms with E-state index in [1.807, 2.05) is 0 Å². The fraction of sp³-hybridized carbons (Fsp3) is 0.412. The van der Waals surface area contributed by atoms with E-state index in [1.165, 1.54) is 34.4 Å². The Morgan fingerprint density at radius 1 is 1.30 bits per heavy atom. The van der Waals surface area contributed by atoms with Crippen LogP contribution in [0.1, 0.15) is 34.0 Å². The Balaban J connectivity index is 1.85. The van der Waals surface area contributed by atoms with Crippen molar-refractivity contribution in [2.24, 2.45) is 5.92 Å². The molecule has 0 saturated carbocycles. The number of nitrogens with one attached hydrogen (secondary N) is 1. The fourth-order valence-corrected chi connectivity index (χ4v) is 4.68. The van der Waals surface area contributed by atoms with Crippen LogP contribution in [-0.4, -0.2) is 7.05 Å². The van der Waals surface area contributed by atoms with E-state index >= 15 is 0 Å². The van der Waals surface area contributed by atoms with E-state index in [4.69, 9.17) is 11.6 Å². The number of aryl methyl sites for hydroxylation is 2. The highest BCUT2D eigenvalue weighted by atomic mass is 35.5. The molecular formula is C17H20ClNS. The van der Waals surface area contributed by atoms with Gasteiger partial charge in [0.15, 0.2) is 0 Å². The molecule has 0 saturated heterocycles. The van der Waals surface area contributed by atoms with E-state index in [0.29, 0.717) is 12.0 Å². The molecule has 1 aromatic carbocycles. The van der Waals surface area contributed by atoms with E-state index in [-0.39, 0.29) is 0 Å². The molecule has 2 aromatic rings. The molecule has 0 fully saturated rings. The quantitative estimate of drug-likeness (QED) is 0.861. The Hall–Kier alpha value is -0.830. The van der Waals surface area contributed by atoms with Crippen LogP contribution in [0.2, 0.25) is 4.34 Å². The number of rotatable bonds is 3. The van der Waals surface area contributed by atoms with Gasteiger partial charge in [-0.05, 0) is 61.9 Å². The molecule has 0 radical (unpaired) electrons. The average molecular weight is 306 g/mol. The lowest BCUT2D eigenvalue weighted by Gasteiger charge is -2.31. The Bertz CT molecular complexity index is 585. The molecule has 2 atom stereocenters. The summed E-state index contributed by atoms with van der Waals surface area (Å²) in [5, 5.41) is 3.51. The van der Waals surface area contributed by atoms with Crippen molar-refractivity contribution in [3.05, 3.63) is 56.2 Å². The van der Waals surface area contributed by atoms with Crippen molar-refractivity contribution >= 4 is 22.9 Å². The van der Waals surface area contributed by atoms with Crippen LogP contribution in [0.5, 0.6) is 0 Å². The number of hydrogen-bond acceptors (Lipinski definition) is 2. The van der Waals surface area contributed by atoms with Gasteiger partial charge in [-0.1, -0.05) is 35.9 Å². The maximum Gasteiger partial charge on any atom is 0.0960 e. The lowest BCUT2D eigenvalue weighted by atomic mass is 9.79. The normalized spacial score (nSPS) is 19.6. The first-order chi connectivity index (χ1) is 9.69. The smallest absolute Gasteiger partial charge is 0.0960 e. The van der Waals surface area contributed by atoms with Crippen LogP contribution in [-0.2, 0) is 12.8 Å². The molecule has 1 aliphatic rings. The maximum absolute atomic E-state index is 6.24. The molecule has 3 rings (SSSR count). The molecule has 1 aromatic heterocycles. The largest absolute Gasteiger partial charge is 0.312 e. The molecule has 1 aliphatic carbocycles. The molecule has 3 heteroatoms. The number of benzene rings is 1. The van der Waals surface area contributed by atoms with Gasteiger partial charge in [0.2, 0.25) is 0 Å². The summed E-state index contributed by atoms with van der Waals surface area (Å²) in [6, 6.07) is 11.5. The number of hydrogen-bond donors (Lipinski definition) is 1. The van der Waals surface area contributed by atoms with E-state index in [2.05, 4.69) is 49.6 Å². The van der Waals surface area contributed by atoms with Crippen LogP contribution in [0.4, 0.5) is 0 Å². The molecule has 1 nitrogen and oxygen atoms in total. The van der Waals surface area contributed by atoms with Crippen LogP contribution in [0.3, 0.4) is 0 Å². The van der Waals surface area contributed by atoms with E-state index in [0.717, 1.165) is 10.8 Å². The van der Waals surface area contributed by atoms with E-state index in [1.54, 1.807) is 11.3 Å². The minimum absolute atomic E-state index is 0.416. The van der Waals surface area contributed by atoms with Gasteiger partial charge >= 0.3 is 0 Å². The highest BCUT2D eigenvalue weighted by Gasteiger charge is 2.27. The summed E-state index contributed by atoms with van der Waals surface area (Å²) in [6.07, 6.45) is 3.60. The fourth-order valence-electron chi connectivity index (χ4n) is 3.26. The van der Waals surface area contributed by atoms with Crippen molar-refractivity contribution in [3.8, 4) is 0 Å². The van der Waals surface area contributed by atoms with Crippen LogP contribution in [0.15, 0.2) is 30.3 Å². The number of halogens is 1. The van der Waals surface area contributed by atoms with Gasteiger partial charge in [0, 0.05) is 10.9 Å². The molecule has 0 spiro atoms. The monoisotopic (exact) mass is 305 g/mol. The highest BCUT2D eigenvalue weighted by Crippen LogP contribution is 2.39. The summed E-state index contributed by atoms with van der Waals surface area (Å²) in [5.41, 5.74) is 4.24. The van der Waals surface area contributed by atoms with E-state index in [9.17, 15) is 0 Å². The zero-order valence-corrected chi connectivity index (χ0v) is 13.5. The molecule has 0 bridgehead atoms. The highest BCUT2D eigenvalue weighted by molar-refractivity contribution is 7.16. The standard InChI is InChI=1S/C17H20ClNS/c1-11-9-15(20-17(11)18)16(19-2)14-8-7-12-5-3-4-6-13(12)10-14/h3-6,9,14,16,19H,7-8,10H2,1-2H3. The van der Waals surface area contributed by atoms with Crippen molar-refractivity contribution in [1.82, 2.24) is 5.32 Å². The van der Waals surface area contributed by atoms with Gasteiger partial charge in [-0.3, -0.25) is 0 Å². The molecule has 20 heavy (non-hydrogen) atoms. The summed E-state index contributed by atoms with van der Waals surface area (Å²) in [5.74, 6) is 0.656. The zero-order chi connectivity index (χ0) is 14.1. The summed E-state index contributed by atoms with van der Waals surface area (Å²) in [4.78, 5) is 1.37. The van der Waals surface area contributed by atoms with Gasteiger partial charge in [0.1, 0.15) is 0 Å². The lowest BCUT2D eigenvalue weighted by molar-refractivity contribution is 0.346. The molecule has 0 amide bonds. The maximum atomic E-state index is 6.24. The molecular weight excluding hydrogens is 286 g/mol. The minimum Gasteiger partial charge on any atom is -0.312 e. The summed E-state index contributed by atoms with van der Waals surface area (Å²) in [7, 11) is 2.06. The van der Waals surface area contributed by atoms with Gasteiger partial charge < -0.3 is 5.32 Å². The average Bonchev–Trinajstić information content (AvgIpc) is 2.79. The Morgan fingerprint density at radius 3 is 2.70 bits per heavy atom. The first-order valence-electron chi connectivity index (χ1n) is 7.19. The number of fused-ring (bicyclic) bond motifs is 1. The lowest BCUT2D eigenvalue weighted by Crippen LogP contribution is -2.29. The summed E-state index contributed by atoms with van der Waals surface area (Å²) >= 11 is 7.97. The van der Waals surface area contributed by atoms with Crippen LogP contribution in [0.25, 0.3) is 0 Å².